The SMILES string of the molecule is NNCO.[Rh].c1ccc([PH+](c2ccccc2)c2ccccc2)cc1.c1ccc([PH+](c2ccccc2)c2ccccc2)cc1. The second-order valence-electron chi connectivity index (χ2n) is 9.31. The van der Waals surface area contributed by atoms with Gasteiger partial charge in [-0.05, 0) is 72.8 Å². The molecule has 0 aliphatic rings. The van der Waals surface area contributed by atoms with E-state index in [0.29, 0.717) is 0 Å². The van der Waals surface area contributed by atoms with Crippen LogP contribution in [0.4, 0.5) is 0 Å². The monoisotopic (exact) mass is 691 g/mol. The molecule has 0 amide bonds. The number of nitrogens with one attached hydrogen (secondary N) is 1. The molecule has 0 saturated heterocycles. The number of nitrogens with two attached hydrogens (primary N) is 1. The van der Waals surface area contributed by atoms with Crippen molar-refractivity contribution in [3.8, 4) is 0 Å². The van der Waals surface area contributed by atoms with Crippen LogP contribution in [0.2, 0.25) is 0 Å². The van der Waals surface area contributed by atoms with Gasteiger partial charge in [0.25, 0.3) is 0 Å². The van der Waals surface area contributed by atoms with Crippen molar-refractivity contribution in [2.24, 2.45) is 5.84 Å². The summed E-state index contributed by atoms with van der Waals surface area (Å²) in [5.41, 5.74) is 1.99. The zero-order valence-electron chi connectivity index (χ0n) is 23.9. The number of aliphatic hydroxyl groups is 1. The van der Waals surface area contributed by atoms with Crippen molar-refractivity contribution in [2.45, 2.75) is 0 Å². The first-order valence-corrected chi connectivity index (χ1v) is 16.9. The van der Waals surface area contributed by atoms with Gasteiger partial charge in [0.05, 0.1) is 15.8 Å². The van der Waals surface area contributed by atoms with Gasteiger partial charge in [0.1, 0.15) is 38.6 Å². The molecule has 0 saturated carbocycles. The molecule has 6 aromatic rings. The first kappa shape index (κ1) is 34.2. The van der Waals surface area contributed by atoms with Crippen LogP contribution in [0, 0.1) is 0 Å². The van der Waals surface area contributed by atoms with Crippen molar-refractivity contribution in [2.75, 3.05) is 6.73 Å². The summed E-state index contributed by atoms with van der Waals surface area (Å²) >= 11 is 0. The maximum absolute atomic E-state index is 7.64. The summed E-state index contributed by atoms with van der Waals surface area (Å²) in [5, 5.41) is 16.2. The Balaban J connectivity index is 0.000000206. The predicted octanol–water partition coefficient (Wildman–Crippen LogP) is 4.75. The van der Waals surface area contributed by atoms with Crippen molar-refractivity contribution in [3.05, 3.63) is 182 Å². The van der Waals surface area contributed by atoms with Crippen LogP contribution in [0.3, 0.4) is 0 Å². The van der Waals surface area contributed by atoms with Crippen LogP contribution in [-0.2, 0) is 19.5 Å². The van der Waals surface area contributed by atoms with E-state index in [0.717, 1.165) is 0 Å². The molecule has 43 heavy (non-hydrogen) atoms. The third-order valence-electron chi connectivity index (χ3n) is 6.47. The summed E-state index contributed by atoms with van der Waals surface area (Å²) in [6, 6.07) is 65.0. The second kappa shape index (κ2) is 19.8. The third-order valence-corrected chi connectivity index (χ3v) is 11.9. The minimum atomic E-state index is -0.877. The van der Waals surface area contributed by atoms with E-state index in [2.05, 4.69) is 188 Å². The fourth-order valence-electron chi connectivity index (χ4n) is 4.63. The molecule has 0 fully saturated rings. The molecule has 6 aromatic carbocycles. The molecule has 0 unspecified atom stereocenters. The molecule has 0 aliphatic carbocycles. The number of benzene rings is 6. The summed E-state index contributed by atoms with van der Waals surface area (Å²) in [7, 11) is -1.75. The standard InChI is InChI=1S/2C18H15P.CH6N2O.Rh/c2*1-4-10-16(11-5-1)19(17-12-6-2-7-13-17)18-14-8-3-9-15-18;2-3-1-4;/h2*1-15H;3-4H,1-2H2;/p+2. The van der Waals surface area contributed by atoms with E-state index in [9.17, 15) is 0 Å². The number of rotatable bonds is 7. The van der Waals surface area contributed by atoms with Crippen LogP contribution in [0.5, 0.6) is 0 Å². The fourth-order valence-corrected chi connectivity index (χ4v) is 9.78. The van der Waals surface area contributed by atoms with Gasteiger partial charge in [0.15, 0.2) is 0 Å². The molecule has 0 bridgehead atoms. The van der Waals surface area contributed by atoms with E-state index in [1.165, 1.54) is 31.8 Å². The molecule has 4 N–H and O–H groups in total. The summed E-state index contributed by atoms with van der Waals surface area (Å²) in [6.07, 6.45) is 0. The van der Waals surface area contributed by atoms with E-state index in [1.54, 1.807) is 0 Å². The van der Waals surface area contributed by atoms with Gasteiger partial charge in [-0.2, -0.15) is 0 Å². The quantitative estimate of drug-likeness (QED) is 0.0746. The van der Waals surface area contributed by atoms with Crippen molar-refractivity contribution in [3.63, 3.8) is 0 Å². The van der Waals surface area contributed by atoms with Gasteiger partial charge >= 0.3 is 0 Å². The van der Waals surface area contributed by atoms with Crippen molar-refractivity contribution in [1.82, 2.24) is 5.43 Å². The first-order valence-electron chi connectivity index (χ1n) is 13.9. The first-order chi connectivity index (χ1) is 20.8. The molecule has 0 heterocycles. The van der Waals surface area contributed by atoms with Crippen LogP contribution in [0.1, 0.15) is 0 Å². The Morgan fingerprint density at radius 2 is 0.512 bits per heavy atom. The van der Waals surface area contributed by atoms with Gasteiger partial charge in [0, 0.05) is 19.5 Å². The van der Waals surface area contributed by atoms with E-state index in [-0.39, 0.29) is 26.2 Å². The zero-order valence-corrected chi connectivity index (χ0v) is 27.5. The second-order valence-corrected chi connectivity index (χ2v) is 14.3. The Morgan fingerprint density at radius 1 is 0.372 bits per heavy atom. The average Bonchev–Trinajstić information content (AvgIpc) is 3.08. The molecule has 219 valence electrons. The van der Waals surface area contributed by atoms with Gasteiger partial charge in [-0.3, -0.25) is 5.84 Å². The number of hydrogen-bond donors (Lipinski definition) is 3. The maximum atomic E-state index is 7.64. The summed E-state index contributed by atoms with van der Waals surface area (Å²) in [4.78, 5) is 0. The topological polar surface area (TPSA) is 58.3 Å². The van der Waals surface area contributed by atoms with Crippen LogP contribution in [0.15, 0.2) is 182 Å². The molecule has 0 atom stereocenters. The molecular weight excluding hydrogens is 653 g/mol. The largest absolute Gasteiger partial charge is 0.380 e. The smallest absolute Gasteiger partial charge is 0.105 e. The Bertz CT molecular complexity index is 1220. The van der Waals surface area contributed by atoms with E-state index < -0.39 is 15.8 Å². The van der Waals surface area contributed by atoms with Crippen LogP contribution in [-0.4, -0.2) is 11.8 Å². The molecular formula is C37H38N2OP2Rh+2. The van der Waals surface area contributed by atoms with E-state index in [4.69, 9.17) is 5.11 Å². The molecule has 6 heteroatoms. The molecule has 3 nitrogen and oxygen atoms in total. The van der Waals surface area contributed by atoms with Crippen molar-refractivity contribution < 1.29 is 24.6 Å². The Morgan fingerprint density at radius 3 is 0.628 bits per heavy atom. The summed E-state index contributed by atoms with van der Waals surface area (Å²) in [5.74, 6) is 4.53. The molecule has 6 rings (SSSR count). The Hall–Kier alpha value is -3.32. The van der Waals surface area contributed by atoms with Crippen LogP contribution < -0.4 is 43.1 Å². The van der Waals surface area contributed by atoms with Crippen LogP contribution >= 0.6 is 15.8 Å². The summed E-state index contributed by atoms with van der Waals surface area (Å²) < 4.78 is 0. The normalized spacial score (nSPS) is 10.0. The zero-order chi connectivity index (χ0) is 29.2. The van der Waals surface area contributed by atoms with Gasteiger partial charge in [0.2, 0.25) is 0 Å². The number of aliphatic hydroxyl groups excluding tert-OH is 1. The van der Waals surface area contributed by atoms with E-state index >= 15 is 0 Å². The average molecular weight is 692 g/mol. The van der Waals surface area contributed by atoms with Crippen molar-refractivity contribution in [1.29, 1.82) is 0 Å². The molecule has 0 spiro atoms. The van der Waals surface area contributed by atoms with E-state index in [1.807, 2.05) is 5.43 Å². The molecule has 1 radical (unpaired) electrons. The third kappa shape index (κ3) is 10.7. The van der Waals surface area contributed by atoms with Gasteiger partial charge < -0.3 is 5.11 Å². The predicted molar refractivity (Wildman–Crippen MR) is 187 cm³/mol. The Kier molecular flexibility index (Phi) is 15.7. The van der Waals surface area contributed by atoms with Crippen LogP contribution in [0.25, 0.3) is 0 Å². The molecule has 0 aromatic heterocycles. The van der Waals surface area contributed by atoms with Gasteiger partial charge in [-0.15, -0.1) is 0 Å². The maximum Gasteiger partial charge on any atom is 0.105 e. The minimum Gasteiger partial charge on any atom is -0.380 e. The summed E-state index contributed by atoms with van der Waals surface area (Å²) in [6.45, 7) is -0.153. The number of hydrazine groups is 1. The minimum absolute atomic E-state index is 0. The van der Waals surface area contributed by atoms with Gasteiger partial charge in [-0.25, -0.2) is 5.43 Å². The number of hydrogen-bond acceptors (Lipinski definition) is 3. The van der Waals surface area contributed by atoms with Crippen molar-refractivity contribution >= 4 is 47.7 Å². The fraction of sp³-hybridized carbons (Fsp3) is 0.0270. The van der Waals surface area contributed by atoms with Gasteiger partial charge in [-0.1, -0.05) is 109 Å². The molecule has 0 aliphatic heterocycles. The Labute approximate surface area is 271 Å².